The minimum absolute atomic E-state index is 0.849. The molecule has 4 aromatic rings. The number of thioether (sulfide) groups is 1. The van der Waals surface area contributed by atoms with E-state index in [-0.39, 0.29) is 0 Å². The maximum atomic E-state index is 4.52. The number of aryl methyl sites for hydroxylation is 3. The molecule has 4 rings (SSSR count). The summed E-state index contributed by atoms with van der Waals surface area (Å²) in [4.78, 5) is 4.13. The zero-order valence-corrected chi connectivity index (χ0v) is 18.2. The smallest absolute Gasteiger partial charge is 0.196 e. The van der Waals surface area contributed by atoms with Crippen LogP contribution in [0.5, 0.6) is 0 Å². The topological polar surface area (TPSA) is 61.4 Å². The third-order valence-corrected chi connectivity index (χ3v) is 6.16. The molecule has 0 unspecified atom stereocenters. The Morgan fingerprint density at radius 2 is 1.77 bits per heavy atom. The van der Waals surface area contributed by atoms with Crippen LogP contribution in [0.25, 0.3) is 17.1 Å². The molecule has 0 radical (unpaired) electrons. The van der Waals surface area contributed by atoms with Crippen LogP contribution in [0.15, 0.2) is 66.3 Å². The standard InChI is InChI=1S/C23H26N6S/c1-18-7-8-21(17-19(18)2)29-22(20-9-12-24-13-10-20)26-27-23(29)30-16-5-3-4-14-28-15-6-11-25-28/h6-13,15,17H,3-5,14,16H2,1-2H3. The van der Waals surface area contributed by atoms with Crippen molar-refractivity contribution in [3.05, 3.63) is 72.3 Å². The number of hydrogen-bond acceptors (Lipinski definition) is 5. The molecule has 30 heavy (non-hydrogen) atoms. The monoisotopic (exact) mass is 418 g/mol. The third kappa shape index (κ3) is 4.79. The zero-order valence-electron chi connectivity index (χ0n) is 17.4. The minimum Gasteiger partial charge on any atom is -0.273 e. The van der Waals surface area contributed by atoms with Gasteiger partial charge in [0.15, 0.2) is 11.0 Å². The van der Waals surface area contributed by atoms with Gasteiger partial charge in [-0.05, 0) is 68.1 Å². The quantitative estimate of drug-likeness (QED) is 0.279. The lowest BCUT2D eigenvalue weighted by Crippen LogP contribution is -2.01. The van der Waals surface area contributed by atoms with E-state index in [4.69, 9.17) is 0 Å². The van der Waals surface area contributed by atoms with Gasteiger partial charge in [0.2, 0.25) is 0 Å². The van der Waals surface area contributed by atoms with E-state index in [9.17, 15) is 0 Å². The summed E-state index contributed by atoms with van der Waals surface area (Å²) in [5, 5.41) is 14.2. The molecule has 0 bridgehead atoms. The Balaban J connectivity index is 1.48. The first kappa shape index (κ1) is 20.3. The van der Waals surface area contributed by atoms with Gasteiger partial charge in [-0.25, -0.2) is 0 Å². The Morgan fingerprint density at radius 3 is 2.53 bits per heavy atom. The largest absolute Gasteiger partial charge is 0.273 e. The summed E-state index contributed by atoms with van der Waals surface area (Å²) in [5.41, 5.74) is 4.65. The van der Waals surface area contributed by atoms with Gasteiger partial charge in [-0.3, -0.25) is 14.2 Å². The molecule has 3 heterocycles. The molecule has 0 aliphatic rings. The Labute approximate surface area is 181 Å². The third-order valence-electron chi connectivity index (χ3n) is 5.14. The van der Waals surface area contributed by atoms with E-state index in [1.807, 2.05) is 35.3 Å². The maximum absolute atomic E-state index is 4.52. The second kappa shape index (κ2) is 9.71. The average Bonchev–Trinajstić information content (AvgIpc) is 3.43. The second-order valence-electron chi connectivity index (χ2n) is 7.32. The van der Waals surface area contributed by atoms with Crippen LogP contribution in [0.1, 0.15) is 30.4 Å². The second-order valence-corrected chi connectivity index (χ2v) is 8.39. The van der Waals surface area contributed by atoms with Crippen LogP contribution in [-0.2, 0) is 6.54 Å². The molecule has 0 atom stereocenters. The Bertz CT molecular complexity index is 1070. The maximum Gasteiger partial charge on any atom is 0.196 e. The molecule has 0 amide bonds. The summed E-state index contributed by atoms with van der Waals surface area (Å²) < 4.78 is 4.15. The Morgan fingerprint density at radius 1 is 0.900 bits per heavy atom. The summed E-state index contributed by atoms with van der Waals surface area (Å²) >= 11 is 1.77. The van der Waals surface area contributed by atoms with Crippen molar-refractivity contribution in [3.63, 3.8) is 0 Å². The van der Waals surface area contributed by atoms with E-state index in [0.717, 1.165) is 47.4 Å². The normalized spacial score (nSPS) is 11.1. The van der Waals surface area contributed by atoms with Gasteiger partial charge in [-0.2, -0.15) is 5.10 Å². The SMILES string of the molecule is Cc1ccc(-n2c(SCCCCCn3cccn3)nnc2-c2ccncc2)cc1C. The predicted molar refractivity (Wildman–Crippen MR) is 121 cm³/mol. The van der Waals surface area contributed by atoms with Gasteiger partial charge in [0.1, 0.15) is 0 Å². The number of unbranched alkanes of at least 4 members (excludes halogenated alkanes) is 2. The summed E-state index contributed by atoms with van der Waals surface area (Å²) in [6.45, 7) is 5.25. The molecule has 3 aromatic heterocycles. The van der Waals surface area contributed by atoms with Gasteiger partial charge in [0, 0.05) is 42.6 Å². The number of hydrogen-bond donors (Lipinski definition) is 0. The van der Waals surface area contributed by atoms with Crippen LogP contribution in [0, 0.1) is 13.8 Å². The highest BCUT2D eigenvalue weighted by Gasteiger charge is 2.16. The number of aromatic nitrogens is 6. The van der Waals surface area contributed by atoms with E-state index in [1.165, 1.54) is 17.5 Å². The van der Waals surface area contributed by atoms with Gasteiger partial charge in [-0.15, -0.1) is 10.2 Å². The molecule has 7 heteroatoms. The summed E-state index contributed by atoms with van der Waals surface area (Å²) in [6.07, 6.45) is 10.9. The van der Waals surface area contributed by atoms with Gasteiger partial charge < -0.3 is 0 Å². The first-order chi connectivity index (χ1) is 14.7. The summed E-state index contributed by atoms with van der Waals surface area (Å²) in [6, 6.07) is 12.4. The molecule has 1 aromatic carbocycles. The molecule has 0 saturated carbocycles. The van der Waals surface area contributed by atoms with Crippen LogP contribution >= 0.6 is 11.8 Å². The molecule has 154 valence electrons. The predicted octanol–water partition coefficient (Wildman–Crippen LogP) is 5.11. The highest BCUT2D eigenvalue weighted by Crippen LogP contribution is 2.29. The van der Waals surface area contributed by atoms with Gasteiger partial charge in [0.05, 0.1) is 5.69 Å². The molecule has 0 N–H and O–H groups in total. The van der Waals surface area contributed by atoms with Crippen LogP contribution in [0.4, 0.5) is 0 Å². The van der Waals surface area contributed by atoms with Gasteiger partial charge >= 0.3 is 0 Å². The first-order valence-electron chi connectivity index (χ1n) is 10.3. The number of pyridine rings is 1. The van der Waals surface area contributed by atoms with Crippen molar-refractivity contribution in [2.24, 2.45) is 0 Å². The molecule has 0 spiro atoms. The van der Waals surface area contributed by atoms with Crippen LogP contribution in [0.3, 0.4) is 0 Å². The lowest BCUT2D eigenvalue weighted by molar-refractivity contribution is 0.554. The Hall–Kier alpha value is -2.93. The molecule has 6 nitrogen and oxygen atoms in total. The van der Waals surface area contributed by atoms with Crippen molar-refractivity contribution in [2.75, 3.05) is 5.75 Å². The molecular weight excluding hydrogens is 392 g/mol. The molecule has 0 aliphatic carbocycles. The van der Waals surface area contributed by atoms with E-state index in [2.05, 4.69) is 56.9 Å². The lowest BCUT2D eigenvalue weighted by atomic mass is 10.1. The van der Waals surface area contributed by atoms with Crippen molar-refractivity contribution < 1.29 is 0 Å². The number of benzene rings is 1. The zero-order chi connectivity index (χ0) is 20.8. The van der Waals surface area contributed by atoms with Crippen LogP contribution in [-0.4, -0.2) is 35.3 Å². The van der Waals surface area contributed by atoms with Crippen molar-refractivity contribution in [1.29, 1.82) is 0 Å². The van der Waals surface area contributed by atoms with E-state index >= 15 is 0 Å². The fourth-order valence-corrected chi connectivity index (χ4v) is 4.25. The Kier molecular flexibility index (Phi) is 6.59. The van der Waals surface area contributed by atoms with Crippen molar-refractivity contribution in [3.8, 4) is 17.1 Å². The average molecular weight is 419 g/mol. The van der Waals surface area contributed by atoms with Gasteiger partial charge in [-0.1, -0.05) is 24.2 Å². The number of rotatable bonds is 9. The van der Waals surface area contributed by atoms with E-state index < -0.39 is 0 Å². The summed E-state index contributed by atoms with van der Waals surface area (Å²) in [5.74, 6) is 1.86. The molecule has 0 aliphatic heterocycles. The highest BCUT2D eigenvalue weighted by atomic mass is 32.2. The minimum atomic E-state index is 0.849. The van der Waals surface area contributed by atoms with Crippen molar-refractivity contribution in [1.82, 2.24) is 29.5 Å². The van der Waals surface area contributed by atoms with E-state index in [0.29, 0.717) is 0 Å². The highest BCUT2D eigenvalue weighted by molar-refractivity contribution is 7.99. The van der Waals surface area contributed by atoms with E-state index in [1.54, 1.807) is 24.2 Å². The molecule has 0 fully saturated rings. The molecule has 0 saturated heterocycles. The number of nitrogens with zero attached hydrogens (tertiary/aromatic N) is 6. The molecular formula is C23H26N6S. The van der Waals surface area contributed by atoms with Crippen LogP contribution in [0.2, 0.25) is 0 Å². The van der Waals surface area contributed by atoms with Crippen molar-refractivity contribution >= 4 is 11.8 Å². The lowest BCUT2D eigenvalue weighted by Gasteiger charge is -2.12. The summed E-state index contributed by atoms with van der Waals surface area (Å²) in [7, 11) is 0. The van der Waals surface area contributed by atoms with Gasteiger partial charge in [0.25, 0.3) is 0 Å². The fraction of sp³-hybridized carbons (Fsp3) is 0.304. The first-order valence-corrected chi connectivity index (χ1v) is 11.2. The fourth-order valence-electron chi connectivity index (χ4n) is 3.30. The van der Waals surface area contributed by atoms with Crippen LogP contribution < -0.4 is 0 Å². The van der Waals surface area contributed by atoms with Crippen molar-refractivity contribution in [2.45, 2.75) is 44.8 Å².